The van der Waals surface area contributed by atoms with Crippen LogP contribution < -0.4 is 0 Å². The maximum Gasteiger partial charge on any atom is 0.330 e. The summed E-state index contributed by atoms with van der Waals surface area (Å²) in [7, 11) is 0. The second-order valence-corrected chi connectivity index (χ2v) is 3.58. The van der Waals surface area contributed by atoms with Gasteiger partial charge in [-0.25, -0.2) is 14.5 Å². The number of nitrogens with zero attached hydrogens (tertiary/aromatic N) is 3. The molecule has 0 N–H and O–H groups in total. The van der Waals surface area contributed by atoms with Gasteiger partial charge in [0.2, 0.25) is 0 Å². The Balaban J connectivity index is 2.45. The van der Waals surface area contributed by atoms with Crippen molar-refractivity contribution in [1.29, 1.82) is 0 Å². The fraction of sp³-hybridized carbons (Fsp3) is 0.667. The van der Waals surface area contributed by atoms with Crippen molar-refractivity contribution in [1.82, 2.24) is 14.8 Å². The van der Waals surface area contributed by atoms with Crippen molar-refractivity contribution in [3.05, 3.63) is 12.7 Å². The highest BCUT2D eigenvalue weighted by atomic mass is 16.5. The van der Waals surface area contributed by atoms with Crippen LogP contribution in [-0.4, -0.2) is 27.3 Å². The third-order valence-electron chi connectivity index (χ3n) is 1.73. The van der Waals surface area contributed by atoms with Crippen LogP contribution in [0, 0.1) is 5.92 Å². The summed E-state index contributed by atoms with van der Waals surface area (Å²) < 4.78 is 6.54. The van der Waals surface area contributed by atoms with Crippen molar-refractivity contribution in [3.63, 3.8) is 0 Å². The molecule has 5 heteroatoms. The normalized spacial score (nSPS) is 12.9. The lowest BCUT2D eigenvalue weighted by Crippen LogP contribution is -2.21. The van der Waals surface area contributed by atoms with E-state index in [2.05, 4.69) is 10.1 Å². The highest BCUT2D eigenvalue weighted by molar-refractivity contribution is 5.73. The predicted octanol–water partition coefficient (Wildman–Crippen LogP) is 1.04. The summed E-state index contributed by atoms with van der Waals surface area (Å²) in [6, 6.07) is -0.406. The highest BCUT2D eigenvalue weighted by Crippen LogP contribution is 2.05. The van der Waals surface area contributed by atoms with E-state index >= 15 is 0 Å². The van der Waals surface area contributed by atoms with Gasteiger partial charge >= 0.3 is 5.97 Å². The Morgan fingerprint density at radius 1 is 1.50 bits per heavy atom. The SMILES string of the molecule is CC(C)COC(=O)C(C)n1cncn1. The zero-order chi connectivity index (χ0) is 10.6. The first-order chi connectivity index (χ1) is 6.61. The molecule has 1 heterocycles. The van der Waals surface area contributed by atoms with Gasteiger partial charge in [-0.15, -0.1) is 0 Å². The molecule has 0 aromatic carbocycles. The van der Waals surface area contributed by atoms with E-state index in [1.165, 1.54) is 17.3 Å². The molecule has 0 aliphatic rings. The molecule has 0 amide bonds. The molecular formula is C9H15N3O2. The van der Waals surface area contributed by atoms with Crippen molar-refractivity contribution >= 4 is 5.97 Å². The van der Waals surface area contributed by atoms with Gasteiger partial charge < -0.3 is 4.74 Å². The third kappa shape index (κ3) is 2.83. The van der Waals surface area contributed by atoms with Crippen molar-refractivity contribution in [2.75, 3.05) is 6.61 Å². The number of hydrogen-bond acceptors (Lipinski definition) is 4. The molecular weight excluding hydrogens is 182 g/mol. The van der Waals surface area contributed by atoms with Gasteiger partial charge in [0.25, 0.3) is 0 Å². The molecule has 78 valence electrons. The molecule has 1 rings (SSSR count). The van der Waals surface area contributed by atoms with E-state index in [9.17, 15) is 4.79 Å². The molecule has 0 radical (unpaired) electrons. The molecule has 1 unspecified atom stereocenters. The average molecular weight is 197 g/mol. The Morgan fingerprint density at radius 2 is 2.21 bits per heavy atom. The summed E-state index contributed by atoms with van der Waals surface area (Å²) in [4.78, 5) is 15.2. The highest BCUT2D eigenvalue weighted by Gasteiger charge is 2.16. The van der Waals surface area contributed by atoms with Crippen LogP contribution in [0.15, 0.2) is 12.7 Å². The monoisotopic (exact) mass is 197 g/mol. The molecule has 5 nitrogen and oxygen atoms in total. The van der Waals surface area contributed by atoms with Gasteiger partial charge in [0.15, 0.2) is 0 Å². The summed E-state index contributed by atoms with van der Waals surface area (Å²) in [5.41, 5.74) is 0. The van der Waals surface area contributed by atoms with Gasteiger partial charge in [-0.2, -0.15) is 5.10 Å². The van der Waals surface area contributed by atoms with Crippen molar-refractivity contribution < 1.29 is 9.53 Å². The molecule has 0 saturated heterocycles. The molecule has 0 aliphatic heterocycles. The Hall–Kier alpha value is -1.39. The standard InChI is InChI=1S/C9H15N3O2/c1-7(2)4-14-9(13)8(3)12-6-10-5-11-12/h5-8H,4H2,1-3H3. The minimum atomic E-state index is -0.406. The average Bonchev–Trinajstić information content (AvgIpc) is 2.65. The fourth-order valence-corrected chi connectivity index (χ4v) is 0.895. The Labute approximate surface area is 83.1 Å². The molecule has 1 aromatic rings. The smallest absolute Gasteiger partial charge is 0.330 e. The number of carbonyl (C=O) groups excluding carboxylic acids is 1. The molecule has 1 aromatic heterocycles. The van der Waals surface area contributed by atoms with Crippen molar-refractivity contribution in [2.45, 2.75) is 26.8 Å². The minimum absolute atomic E-state index is 0.274. The van der Waals surface area contributed by atoms with Crippen LogP contribution in [0.4, 0.5) is 0 Å². The lowest BCUT2D eigenvalue weighted by molar-refractivity contribution is -0.148. The van der Waals surface area contributed by atoms with E-state index in [1.54, 1.807) is 6.92 Å². The van der Waals surface area contributed by atoms with E-state index in [-0.39, 0.29) is 5.97 Å². The van der Waals surface area contributed by atoms with Crippen LogP contribution in [0.3, 0.4) is 0 Å². The zero-order valence-corrected chi connectivity index (χ0v) is 8.67. The van der Waals surface area contributed by atoms with Gasteiger partial charge in [-0.05, 0) is 12.8 Å². The molecule has 0 spiro atoms. The maximum absolute atomic E-state index is 11.4. The van der Waals surface area contributed by atoms with E-state index in [1.807, 2.05) is 13.8 Å². The second-order valence-electron chi connectivity index (χ2n) is 3.58. The molecule has 0 saturated carbocycles. The summed E-state index contributed by atoms with van der Waals surface area (Å²) >= 11 is 0. The summed E-state index contributed by atoms with van der Waals surface area (Å²) in [5.74, 6) is 0.0751. The lowest BCUT2D eigenvalue weighted by atomic mass is 10.2. The van der Waals surface area contributed by atoms with Crippen LogP contribution in [0.25, 0.3) is 0 Å². The number of hydrogen-bond donors (Lipinski definition) is 0. The Morgan fingerprint density at radius 3 is 2.71 bits per heavy atom. The number of carbonyl (C=O) groups is 1. The molecule has 14 heavy (non-hydrogen) atoms. The first-order valence-corrected chi connectivity index (χ1v) is 4.62. The summed E-state index contributed by atoms with van der Waals surface area (Å²) in [5, 5.41) is 3.87. The number of aromatic nitrogens is 3. The van der Waals surface area contributed by atoms with Gasteiger partial charge in [-0.3, -0.25) is 0 Å². The summed E-state index contributed by atoms with van der Waals surface area (Å²) in [6.45, 7) is 6.16. The van der Waals surface area contributed by atoms with Crippen molar-refractivity contribution in [3.8, 4) is 0 Å². The topological polar surface area (TPSA) is 57.0 Å². The minimum Gasteiger partial charge on any atom is -0.464 e. The number of rotatable bonds is 4. The number of ether oxygens (including phenoxy) is 1. The van der Waals surface area contributed by atoms with Gasteiger partial charge in [0, 0.05) is 0 Å². The maximum atomic E-state index is 11.4. The largest absolute Gasteiger partial charge is 0.464 e. The van der Waals surface area contributed by atoms with Crippen LogP contribution in [0.1, 0.15) is 26.8 Å². The van der Waals surface area contributed by atoms with E-state index < -0.39 is 6.04 Å². The van der Waals surface area contributed by atoms with E-state index in [0.29, 0.717) is 12.5 Å². The van der Waals surface area contributed by atoms with Crippen LogP contribution in [-0.2, 0) is 9.53 Å². The first-order valence-electron chi connectivity index (χ1n) is 4.62. The zero-order valence-electron chi connectivity index (χ0n) is 8.67. The Kier molecular flexibility index (Phi) is 3.62. The fourth-order valence-electron chi connectivity index (χ4n) is 0.895. The Bertz CT molecular complexity index is 282. The third-order valence-corrected chi connectivity index (χ3v) is 1.73. The summed E-state index contributed by atoms with van der Waals surface area (Å²) in [6.07, 6.45) is 2.90. The molecule has 1 atom stereocenters. The van der Waals surface area contributed by atoms with Gasteiger partial charge in [0.1, 0.15) is 18.7 Å². The quantitative estimate of drug-likeness (QED) is 0.677. The second kappa shape index (κ2) is 4.74. The van der Waals surface area contributed by atoms with Gasteiger partial charge in [0.05, 0.1) is 6.61 Å². The van der Waals surface area contributed by atoms with Gasteiger partial charge in [-0.1, -0.05) is 13.8 Å². The molecule has 0 bridgehead atoms. The van der Waals surface area contributed by atoms with E-state index in [0.717, 1.165) is 0 Å². The molecule has 0 fully saturated rings. The van der Waals surface area contributed by atoms with Crippen LogP contribution >= 0.6 is 0 Å². The lowest BCUT2D eigenvalue weighted by Gasteiger charge is -2.12. The van der Waals surface area contributed by atoms with Crippen LogP contribution in [0.2, 0.25) is 0 Å². The number of esters is 1. The predicted molar refractivity (Wildman–Crippen MR) is 50.5 cm³/mol. The first kappa shape index (κ1) is 10.7. The van der Waals surface area contributed by atoms with E-state index in [4.69, 9.17) is 4.74 Å². The molecule has 0 aliphatic carbocycles. The van der Waals surface area contributed by atoms with Crippen molar-refractivity contribution in [2.24, 2.45) is 5.92 Å². The van der Waals surface area contributed by atoms with Crippen LogP contribution in [0.5, 0.6) is 0 Å².